The zero-order valence-electron chi connectivity index (χ0n) is 10.9. The molecule has 1 saturated heterocycles. The molecule has 2 aromatic heterocycles. The van der Waals surface area contributed by atoms with Gasteiger partial charge in [0.1, 0.15) is 6.10 Å². The van der Waals surface area contributed by atoms with Gasteiger partial charge in [0.05, 0.1) is 24.1 Å². The molecular weight excluding hydrogens is 244 g/mol. The van der Waals surface area contributed by atoms with E-state index in [1.54, 1.807) is 17.2 Å². The Labute approximate surface area is 111 Å². The van der Waals surface area contributed by atoms with Gasteiger partial charge < -0.3 is 10.1 Å². The average Bonchev–Trinajstić information content (AvgIpc) is 3.16. The molecule has 0 aromatic carbocycles. The Bertz CT molecular complexity index is 508. The first-order valence-corrected chi connectivity index (χ1v) is 6.60. The monoisotopic (exact) mass is 262 g/mol. The summed E-state index contributed by atoms with van der Waals surface area (Å²) in [6.45, 7) is 4.29. The lowest BCUT2D eigenvalue weighted by Crippen LogP contribution is -2.31. The first-order valence-electron chi connectivity index (χ1n) is 6.60. The Morgan fingerprint density at radius 3 is 3.26 bits per heavy atom. The largest absolute Gasteiger partial charge is 0.370 e. The van der Waals surface area contributed by atoms with Crippen molar-refractivity contribution in [1.82, 2.24) is 30.5 Å². The molecule has 3 rings (SSSR count). The van der Waals surface area contributed by atoms with Crippen molar-refractivity contribution >= 4 is 0 Å². The molecule has 0 bridgehead atoms. The molecule has 0 amide bonds. The standard InChI is InChI=1S/C12H18N6O/c1-2-18-15-8-9(17-18)7-13-10-4-6-19-12(10)11-3-5-14-16-11/h3,5,8,10,12-13H,2,4,6-7H2,1H3,(H,14,16)/t10-,12-/m0/s1. The Balaban J connectivity index is 1.60. The van der Waals surface area contributed by atoms with E-state index in [0.717, 1.165) is 31.0 Å². The van der Waals surface area contributed by atoms with Gasteiger partial charge in [0.15, 0.2) is 0 Å². The fraction of sp³-hybridized carbons (Fsp3) is 0.583. The molecule has 0 unspecified atom stereocenters. The lowest BCUT2D eigenvalue weighted by Gasteiger charge is -2.17. The van der Waals surface area contributed by atoms with Gasteiger partial charge in [0, 0.05) is 25.4 Å². The van der Waals surface area contributed by atoms with E-state index in [1.807, 2.05) is 13.0 Å². The predicted molar refractivity (Wildman–Crippen MR) is 68.2 cm³/mol. The van der Waals surface area contributed by atoms with Crippen molar-refractivity contribution in [2.45, 2.75) is 38.6 Å². The second-order valence-electron chi connectivity index (χ2n) is 4.60. The number of hydrogen-bond donors (Lipinski definition) is 2. The third kappa shape index (κ3) is 2.66. The van der Waals surface area contributed by atoms with Crippen molar-refractivity contribution < 1.29 is 4.74 Å². The van der Waals surface area contributed by atoms with Crippen LogP contribution in [-0.4, -0.2) is 37.8 Å². The van der Waals surface area contributed by atoms with Crippen LogP contribution in [0.1, 0.15) is 30.8 Å². The smallest absolute Gasteiger partial charge is 0.114 e. The first-order chi connectivity index (χ1) is 9.36. The SMILES string of the molecule is CCn1ncc(CN[C@H]2CCO[C@@H]2c2ccn[nH]2)n1. The van der Waals surface area contributed by atoms with Crippen molar-refractivity contribution in [3.63, 3.8) is 0 Å². The summed E-state index contributed by atoms with van der Waals surface area (Å²) < 4.78 is 5.75. The zero-order valence-corrected chi connectivity index (χ0v) is 10.9. The average molecular weight is 262 g/mol. The molecule has 0 radical (unpaired) electrons. The Morgan fingerprint density at radius 1 is 1.58 bits per heavy atom. The molecule has 1 aliphatic rings. The molecule has 1 aliphatic heterocycles. The molecule has 7 nitrogen and oxygen atoms in total. The molecule has 2 atom stereocenters. The quantitative estimate of drug-likeness (QED) is 0.826. The highest BCUT2D eigenvalue weighted by molar-refractivity contribution is 5.07. The van der Waals surface area contributed by atoms with E-state index in [4.69, 9.17) is 4.74 Å². The summed E-state index contributed by atoms with van der Waals surface area (Å²) in [5.74, 6) is 0. The number of nitrogens with zero attached hydrogens (tertiary/aromatic N) is 4. The lowest BCUT2D eigenvalue weighted by atomic mass is 10.1. The van der Waals surface area contributed by atoms with E-state index in [2.05, 4.69) is 25.7 Å². The highest BCUT2D eigenvalue weighted by Crippen LogP contribution is 2.27. The summed E-state index contributed by atoms with van der Waals surface area (Å²) in [5.41, 5.74) is 1.98. The maximum Gasteiger partial charge on any atom is 0.114 e. The fourth-order valence-electron chi connectivity index (χ4n) is 2.33. The number of ether oxygens (including phenoxy) is 1. The summed E-state index contributed by atoms with van der Waals surface area (Å²) in [6, 6.07) is 2.24. The third-order valence-corrected chi connectivity index (χ3v) is 3.33. The second kappa shape index (κ2) is 5.50. The van der Waals surface area contributed by atoms with E-state index < -0.39 is 0 Å². The van der Waals surface area contributed by atoms with E-state index in [-0.39, 0.29) is 12.1 Å². The number of rotatable bonds is 5. The summed E-state index contributed by atoms with van der Waals surface area (Å²) in [6.07, 6.45) is 4.59. The van der Waals surface area contributed by atoms with Gasteiger partial charge in [0.25, 0.3) is 0 Å². The Hall–Kier alpha value is -1.73. The van der Waals surface area contributed by atoms with E-state index in [9.17, 15) is 0 Å². The van der Waals surface area contributed by atoms with Crippen LogP contribution in [0.15, 0.2) is 18.5 Å². The normalized spacial score (nSPS) is 23.0. The van der Waals surface area contributed by atoms with Crippen LogP contribution in [0, 0.1) is 0 Å². The number of aromatic nitrogens is 5. The minimum absolute atomic E-state index is 0.0451. The van der Waals surface area contributed by atoms with Crippen molar-refractivity contribution in [2.24, 2.45) is 0 Å². The molecule has 3 heterocycles. The van der Waals surface area contributed by atoms with Gasteiger partial charge in [-0.1, -0.05) is 0 Å². The first kappa shape index (κ1) is 12.3. The molecule has 0 spiro atoms. The molecule has 102 valence electrons. The van der Waals surface area contributed by atoms with Crippen LogP contribution in [-0.2, 0) is 17.8 Å². The van der Waals surface area contributed by atoms with E-state index in [1.165, 1.54) is 0 Å². The van der Waals surface area contributed by atoms with Gasteiger partial charge in [-0.2, -0.15) is 20.1 Å². The molecule has 1 fully saturated rings. The topological polar surface area (TPSA) is 80.6 Å². The highest BCUT2D eigenvalue weighted by Gasteiger charge is 2.30. The van der Waals surface area contributed by atoms with Crippen LogP contribution in [0.25, 0.3) is 0 Å². The van der Waals surface area contributed by atoms with Gasteiger partial charge in [0.2, 0.25) is 0 Å². The summed E-state index contributed by atoms with van der Waals surface area (Å²) >= 11 is 0. The Kier molecular flexibility index (Phi) is 3.56. The van der Waals surface area contributed by atoms with Crippen LogP contribution in [0.2, 0.25) is 0 Å². The summed E-state index contributed by atoms with van der Waals surface area (Å²) in [7, 11) is 0. The van der Waals surface area contributed by atoms with Gasteiger partial charge in [-0.15, -0.1) is 0 Å². The number of hydrogen-bond acceptors (Lipinski definition) is 5. The minimum atomic E-state index is 0.0451. The fourth-order valence-corrected chi connectivity index (χ4v) is 2.33. The second-order valence-corrected chi connectivity index (χ2v) is 4.60. The number of nitrogens with one attached hydrogen (secondary N) is 2. The summed E-state index contributed by atoms with van der Waals surface area (Å²) in [4.78, 5) is 1.69. The maximum atomic E-state index is 5.75. The van der Waals surface area contributed by atoms with Gasteiger partial charge in [-0.3, -0.25) is 5.10 Å². The predicted octanol–water partition coefficient (Wildman–Crippen LogP) is 0.641. The molecule has 0 aliphatic carbocycles. The van der Waals surface area contributed by atoms with E-state index in [0.29, 0.717) is 6.54 Å². The summed E-state index contributed by atoms with van der Waals surface area (Å²) in [5, 5.41) is 19.0. The van der Waals surface area contributed by atoms with Crippen LogP contribution in [0.4, 0.5) is 0 Å². The number of aromatic amines is 1. The molecule has 7 heteroatoms. The molecule has 2 aromatic rings. The van der Waals surface area contributed by atoms with Gasteiger partial charge >= 0.3 is 0 Å². The molecule has 0 saturated carbocycles. The van der Waals surface area contributed by atoms with Crippen LogP contribution < -0.4 is 5.32 Å². The maximum absolute atomic E-state index is 5.75. The lowest BCUT2D eigenvalue weighted by molar-refractivity contribution is 0.0950. The number of H-pyrrole nitrogens is 1. The third-order valence-electron chi connectivity index (χ3n) is 3.33. The van der Waals surface area contributed by atoms with Gasteiger partial charge in [-0.25, -0.2) is 0 Å². The zero-order chi connectivity index (χ0) is 13.1. The molecule has 19 heavy (non-hydrogen) atoms. The Morgan fingerprint density at radius 2 is 2.53 bits per heavy atom. The van der Waals surface area contributed by atoms with Crippen LogP contribution in [0.5, 0.6) is 0 Å². The van der Waals surface area contributed by atoms with Crippen LogP contribution >= 0.6 is 0 Å². The highest BCUT2D eigenvalue weighted by atomic mass is 16.5. The molecule has 2 N–H and O–H groups in total. The number of aryl methyl sites for hydroxylation is 1. The minimum Gasteiger partial charge on any atom is -0.370 e. The van der Waals surface area contributed by atoms with Crippen molar-refractivity contribution in [1.29, 1.82) is 0 Å². The van der Waals surface area contributed by atoms with E-state index >= 15 is 0 Å². The van der Waals surface area contributed by atoms with Crippen molar-refractivity contribution in [3.05, 3.63) is 29.8 Å². The van der Waals surface area contributed by atoms with Crippen molar-refractivity contribution in [3.8, 4) is 0 Å². The van der Waals surface area contributed by atoms with Crippen molar-refractivity contribution in [2.75, 3.05) is 6.61 Å². The molecular formula is C12H18N6O. The van der Waals surface area contributed by atoms with Gasteiger partial charge in [-0.05, 0) is 19.4 Å². The van der Waals surface area contributed by atoms with Crippen LogP contribution in [0.3, 0.4) is 0 Å².